The molecular formula is C36H40O6. The summed E-state index contributed by atoms with van der Waals surface area (Å²) >= 11 is 0. The lowest BCUT2D eigenvalue weighted by molar-refractivity contribution is -0.207. The van der Waals surface area contributed by atoms with E-state index in [4.69, 9.17) is 28.4 Å². The summed E-state index contributed by atoms with van der Waals surface area (Å²) in [6.07, 6.45) is -1.74. The third kappa shape index (κ3) is 9.07. The van der Waals surface area contributed by atoms with Crippen LogP contribution in [0.4, 0.5) is 0 Å². The van der Waals surface area contributed by atoms with Gasteiger partial charge in [0.15, 0.2) is 6.29 Å². The van der Waals surface area contributed by atoms with Crippen molar-refractivity contribution in [1.82, 2.24) is 0 Å². The Balaban J connectivity index is 1.41. The molecule has 4 aromatic carbocycles. The van der Waals surface area contributed by atoms with Crippen LogP contribution < -0.4 is 0 Å². The molecule has 6 heteroatoms. The van der Waals surface area contributed by atoms with Gasteiger partial charge in [0.1, 0.15) is 18.3 Å². The van der Waals surface area contributed by atoms with Crippen LogP contribution in [0, 0.1) is 0 Å². The van der Waals surface area contributed by atoms with E-state index in [0.29, 0.717) is 39.5 Å². The van der Waals surface area contributed by atoms with E-state index in [-0.39, 0.29) is 6.10 Å². The Hall–Kier alpha value is -3.36. The molecular weight excluding hydrogens is 528 g/mol. The lowest BCUT2D eigenvalue weighted by atomic mass is 10.0. The van der Waals surface area contributed by atoms with Gasteiger partial charge in [-0.05, 0) is 22.3 Å². The van der Waals surface area contributed by atoms with E-state index >= 15 is 0 Å². The highest BCUT2D eigenvalue weighted by atomic mass is 16.7. The van der Waals surface area contributed by atoms with Crippen LogP contribution >= 0.6 is 0 Å². The molecule has 4 aromatic rings. The minimum Gasteiger partial charge on any atom is -0.374 e. The standard InChI is InChI=1S/C36H40O6/c1-37-34-22-32(39-24-29-16-8-3-9-17-29)35(40-25-30-18-10-4-11-19-30)36(41-26-31-20-12-5-13-21-31)33(42-34)27-38-23-28-14-6-2-7-15-28/h2-21,32-36H,22-27H2,1H3/t32-,33+,34+,35+,36-/m0/s1. The molecule has 1 aliphatic rings. The van der Waals surface area contributed by atoms with Gasteiger partial charge in [0.05, 0.1) is 39.1 Å². The summed E-state index contributed by atoms with van der Waals surface area (Å²) < 4.78 is 38.5. The summed E-state index contributed by atoms with van der Waals surface area (Å²) in [5.74, 6) is 0. The molecule has 1 heterocycles. The second-order valence-corrected chi connectivity index (χ2v) is 10.4. The summed E-state index contributed by atoms with van der Waals surface area (Å²) in [6, 6.07) is 40.6. The Labute approximate surface area is 249 Å². The van der Waals surface area contributed by atoms with Crippen molar-refractivity contribution < 1.29 is 28.4 Å². The van der Waals surface area contributed by atoms with Crippen LogP contribution in [-0.4, -0.2) is 44.4 Å². The smallest absolute Gasteiger partial charge is 0.160 e. The van der Waals surface area contributed by atoms with Crippen molar-refractivity contribution in [2.45, 2.75) is 63.6 Å². The Morgan fingerprint density at radius 2 is 0.976 bits per heavy atom. The normalized spacial score (nSPS) is 22.5. The van der Waals surface area contributed by atoms with Gasteiger partial charge in [-0.3, -0.25) is 0 Å². The highest BCUT2D eigenvalue weighted by Gasteiger charge is 2.44. The van der Waals surface area contributed by atoms with Crippen LogP contribution in [0.3, 0.4) is 0 Å². The van der Waals surface area contributed by atoms with E-state index < -0.39 is 24.6 Å². The first-order chi connectivity index (χ1) is 20.8. The van der Waals surface area contributed by atoms with Gasteiger partial charge in [0.2, 0.25) is 0 Å². The van der Waals surface area contributed by atoms with Gasteiger partial charge in [-0.15, -0.1) is 0 Å². The van der Waals surface area contributed by atoms with Crippen molar-refractivity contribution in [2.75, 3.05) is 13.7 Å². The average molecular weight is 569 g/mol. The fraction of sp³-hybridized carbons (Fsp3) is 0.333. The number of hydrogen-bond acceptors (Lipinski definition) is 6. The molecule has 1 fully saturated rings. The molecule has 42 heavy (non-hydrogen) atoms. The van der Waals surface area contributed by atoms with Crippen molar-refractivity contribution in [3.63, 3.8) is 0 Å². The Kier molecular flexibility index (Phi) is 11.7. The van der Waals surface area contributed by atoms with Crippen molar-refractivity contribution in [2.24, 2.45) is 0 Å². The second kappa shape index (κ2) is 16.3. The van der Waals surface area contributed by atoms with Crippen molar-refractivity contribution >= 4 is 0 Å². The van der Waals surface area contributed by atoms with Gasteiger partial charge in [0.25, 0.3) is 0 Å². The third-order valence-electron chi connectivity index (χ3n) is 7.34. The van der Waals surface area contributed by atoms with Gasteiger partial charge >= 0.3 is 0 Å². The summed E-state index contributed by atoms with van der Waals surface area (Å²) in [4.78, 5) is 0. The highest BCUT2D eigenvalue weighted by Crippen LogP contribution is 2.30. The van der Waals surface area contributed by atoms with Crippen molar-refractivity contribution in [3.05, 3.63) is 144 Å². The first-order valence-corrected chi connectivity index (χ1v) is 14.5. The van der Waals surface area contributed by atoms with Crippen molar-refractivity contribution in [1.29, 1.82) is 0 Å². The molecule has 0 saturated carbocycles. The molecule has 0 bridgehead atoms. The summed E-state index contributed by atoms with van der Waals surface area (Å²) in [5.41, 5.74) is 4.32. The lowest BCUT2D eigenvalue weighted by Gasteiger charge is -2.34. The Bertz CT molecular complexity index is 1270. The minimum absolute atomic E-state index is 0.310. The molecule has 0 amide bonds. The third-order valence-corrected chi connectivity index (χ3v) is 7.34. The molecule has 0 spiro atoms. The average Bonchev–Trinajstić information content (AvgIpc) is 3.19. The first kappa shape index (κ1) is 30.1. The maximum Gasteiger partial charge on any atom is 0.160 e. The zero-order valence-corrected chi connectivity index (χ0v) is 24.1. The molecule has 1 saturated heterocycles. The molecule has 0 unspecified atom stereocenters. The maximum atomic E-state index is 6.70. The number of rotatable bonds is 14. The topological polar surface area (TPSA) is 55.4 Å². The predicted molar refractivity (Wildman–Crippen MR) is 161 cm³/mol. The Morgan fingerprint density at radius 1 is 0.548 bits per heavy atom. The lowest BCUT2D eigenvalue weighted by Crippen LogP contribution is -2.48. The van der Waals surface area contributed by atoms with Gasteiger partial charge in [-0.1, -0.05) is 121 Å². The van der Waals surface area contributed by atoms with Crippen LogP contribution in [0.5, 0.6) is 0 Å². The van der Waals surface area contributed by atoms with Gasteiger partial charge in [0, 0.05) is 13.5 Å². The van der Waals surface area contributed by atoms with E-state index in [1.54, 1.807) is 7.11 Å². The van der Waals surface area contributed by atoms with Gasteiger partial charge in [-0.2, -0.15) is 0 Å². The zero-order valence-electron chi connectivity index (χ0n) is 24.1. The molecule has 0 radical (unpaired) electrons. The van der Waals surface area contributed by atoms with Gasteiger partial charge in [-0.25, -0.2) is 0 Å². The Morgan fingerprint density at radius 3 is 1.45 bits per heavy atom. The molecule has 1 aliphatic heterocycles. The second-order valence-electron chi connectivity index (χ2n) is 10.4. The van der Waals surface area contributed by atoms with Crippen LogP contribution in [0.15, 0.2) is 121 Å². The summed E-state index contributed by atoms with van der Waals surface area (Å²) in [6.45, 7) is 2.03. The monoisotopic (exact) mass is 568 g/mol. The van der Waals surface area contributed by atoms with Crippen molar-refractivity contribution in [3.8, 4) is 0 Å². The number of ether oxygens (including phenoxy) is 6. The molecule has 0 aliphatic carbocycles. The number of hydrogen-bond donors (Lipinski definition) is 0. The minimum atomic E-state index is -0.510. The SMILES string of the molecule is CO[C@H]1C[C@H](OCc2ccccc2)[C@@H](OCc2ccccc2)[C@@H](OCc2ccccc2)[C@@H](COCc2ccccc2)O1. The van der Waals surface area contributed by atoms with E-state index in [1.807, 2.05) is 72.8 Å². The largest absolute Gasteiger partial charge is 0.374 e. The summed E-state index contributed by atoms with van der Waals surface area (Å²) in [7, 11) is 1.66. The van der Waals surface area contributed by atoms with E-state index in [2.05, 4.69) is 48.5 Å². The van der Waals surface area contributed by atoms with E-state index in [9.17, 15) is 0 Å². The molecule has 220 valence electrons. The van der Waals surface area contributed by atoms with Crippen LogP contribution in [0.1, 0.15) is 28.7 Å². The van der Waals surface area contributed by atoms with E-state index in [1.165, 1.54) is 0 Å². The van der Waals surface area contributed by atoms with Crippen LogP contribution in [0.2, 0.25) is 0 Å². The molecule has 5 rings (SSSR count). The van der Waals surface area contributed by atoms with Crippen LogP contribution in [0.25, 0.3) is 0 Å². The highest BCUT2D eigenvalue weighted by molar-refractivity contribution is 5.16. The fourth-order valence-corrected chi connectivity index (χ4v) is 5.11. The first-order valence-electron chi connectivity index (χ1n) is 14.5. The zero-order chi connectivity index (χ0) is 28.8. The van der Waals surface area contributed by atoms with E-state index in [0.717, 1.165) is 22.3 Å². The fourth-order valence-electron chi connectivity index (χ4n) is 5.11. The van der Waals surface area contributed by atoms with Crippen LogP contribution in [-0.2, 0) is 54.8 Å². The molecule has 0 N–H and O–H groups in total. The number of benzene rings is 4. The quantitative estimate of drug-likeness (QED) is 0.168. The predicted octanol–water partition coefficient (Wildman–Crippen LogP) is 6.72. The molecule has 6 nitrogen and oxygen atoms in total. The molecule has 0 aromatic heterocycles. The number of methoxy groups -OCH3 is 1. The molecule has 5 atom stereocenters. The maximum absolute atomic E-state index is 6.70. The summed E-state index contributed by atoms with van der Waals surface area (Å²) in [5, 5.41) is 0. The van der Waals surface area contributed by atoms with Gasteiger partial charge < -0.3 is 28.4 Å².